The van der Waals surface area contributed by atoms with Crippen LogP contribution in [0.5, 0.6) is 0 Å². The Hall–Kier alpha value is -2.09. The zero-order valence-corrected chi connectivity index (χ0v) is 18.1. The van der Waals surface area contributed by atoms with E-state index in [4.69, 9.17) is 0 Å². The molecule has 1 aromatic heterocycles. The van der Waals surface area contributed by atoms with Gasteiger partial charge in [0.05, 0.1) is 13.7 Å². The molecule has 0 radical (unpaired) electrons. The molecule has 1 amide bonds. The summed E-state index contributed by atoms with van der Waals surface area (Å²) in [6, 6.07) is 7.06. The number of aromatic nitrogens is 1. The first-order chi connectivity index (χ1) is 12.8. The van der Waals surface area contributed by atoms with E-state index in [1.807, 2.05) is 12.1 Å². The molecule has 0 atom stereocenters. The quantitative estimate of drug-likeness (QED) is 0.312. The van der Waals surface area contributed by atoms with Gasteiger partial charge in [0, 0.05) is 24.7 Å². The third-order valence-corrected chi connectivity index (χ3v) is 4.17. The van der Waals surface area contributed by atoms with E-state index in [1.165, 1.54) is 7.11 Å². The molecule has 0 unspecified atom stereocenters. The molecular formula is C16H19F3IN5O2S. The molecule has 2 aromatic rings. The number of carbonyl (C=O) groups is 1. The summed E-state index contributed by atoms with van der Waals surface area (Å²) in [6.45, 7) is 0.562. The lowest BCUT2D eigenvalue weighted by Crippen LogP contribution is -2.36. The minimum Gasteiger partial charge on any atom is -0.453 e. The van der Waals surface area contributed by atoms with Gasteiger partial charge in [-0.15, -0.1) is 35.3 Å². The van der Waals surface area contributed by atoms with Gasteiger partial charge >= 0.3 is 12.3 Å². The van der Waals surface area contributed by atoms with Gasteiger partial charge in [-0.2, -0.15) is 13.2 Å². The molecule has 12 heteroatoms. The van der Waals surface area contributed by atoms with Crippen LogP contribution >= 0.6 is 35.3 Å². The Morgan fingerprint density at radius 2 is 1.86 bits per heavy atom. The highest BCUT2D eigenvalue weighted by Crippen LogP contribution is 2.29. The molecule has 7 nitrogen and oxygen atoms in total. The molecular weight excluding hydrogens is 510 g/mol. The molecule has 0 aliphatic heterocycles. The fraction of sp³-hybridized carbons (Fsp3) is 0.312. The highest BCUT2D eigenvalue weighted by atomic mass is 127. The van der Waals surface area contributed by atoms with Crippen molar-refractivity contribution in [2.75, 3.05) is 19.5 Å². The summed E-state index contributed by atoms with van der Waals surface area (Å²) in [7, 11) is 2.84. The number of aliphatic imine (C=N–C) groups is 1. The van der Waals surface area contributed by atoms with Crippen LogP contribution in [0.4, 0.5) is 23.7 Å². The Kier molecular flexibility index (Phi) is 9.45. The first-order valence-corrected chi connectivity index (χ1v) is 8.60. The normalized spacial score (nSPS) is 11.4. The first-order valence-electron chi connectivity index (χ1n) is 7.72. The van der Waals surface area contributed by atoms with Crippen LogP contribution in [0.25, 0.3) is 0 Å². The number of rotatable bonds is 5. The smallest absolute Gasteiger partial charge is 0.434 e. The Labute approximate surface area is 180 Å². The monoisotopic (exact) mass is 529 g/mol. The highest BCUT2D eigenvalue weighted by Gasteiger charge is 2.33. The molecule has 1 heterocycles. The van der Waals surface area contributed by atoms with Crippen molar-refractivity contribution in [1.29, 1.82) is 0 Å². The Balaban J connectivity index is 0.00000392. The summed E-state index contributed by atoms with van der Waals surface area (Å²) in [6.07, 6.45) is -5.00. The number of thiazole rings is 1. The van der Waals surface area contributed by atoms with Crippen molar-refractivity contribution in [1.82, 2.24) is 15.6 Å². The maximum Gasteiger partial charge on any atom is 0.434 e. The summed E-state index contributed by atoms with van der Waals surface area (Å²) in [5.41, 5.74) is 0.618. The number of ether oxygens (including phenoxy) is 1. The molecule has 0 fully saturated rings. The molecule has 0 saturated carbocycles. The third-order valence-electron chi connectivity index (χ3n) is 3.32. The summed E-state index contributed by atoms with van der Waals surface area (Å²) in [5.74, 6) is 0.426. The van der Waals surface area contributed by atoms with Crippen LogP contribution in [0.15, 0.2) is 34.6 Å². The number of guanidine groups is 1. The minimum absolute atomic E-state index is 0. The number of amides is 1. The molecule has 3 N–H and O–H groups in total. The van der Waals surface area contributed by atoms with Crippen LogP contribution in [-0.4, -0.2) is 31.2 Å². The number of nitrogens with one attached hydrogen (secondary N) is 3. The fourth-order valence-electron chi connectivity index (χ4n) is 1.96. The van der Waals surface area contributed by atoms with Crippen molar-refractivity contribution in [3.8, 4) is 0 Å². The van der Waals surface area contributed by atoms with Crippen molar-refractivity contribution in [3.63, 3.8) is 0 Å². The van der Waals surface area contributed by atoms with Gasteiger partial charge in [-0.25, -0.2) is 9.78 Å². The zero-order valence-electron chi connectivity index (χ0n) is 15.0. The lowest BCUT2D eigenvalue weighted by atomic mass is 10.2. The number of alkyl halides is 3. The largest absolute Gasteiger partial charge is 0.453 e. The van der Waals surface area contributed by atoms with E-state index in [0.29, 0.717) is 23.2 Å². The van der Waals surface area contributed by atoms with Gasteiger partial charge in [0.25, 0.3) is 0 Å². The maximum absolute atomic E-state index is 12.6. The topological polar surface area (TPSA) is 87.6 Å². The van der Waals surface area contributed by atoms with E-state index in [1.54, 1.807) is 19.2 Å². The van der Waals surface area contributed by atoms with Crippen molar-refractivity contribution in [2.24, 2.45) is 4.99 Å². The standard InChI is InChI=1S/C16H18F3N5O2S.HI/c1-20-14(22-8-13-24-12(9-27-13)16(17,18)19)21-7-10-3-5-11(6-4-10)23-15(25)26-2;/h3-6,9H,7-8H2,1-2H3,(H,23,25)(H2,20,21,22);1H. The number of hydrogen-bond donors (Lipinski definition) is 3. The second kappa shape index (κ2) is 11.0. The van der Waals surface area contributed by atoms with Crippen LogP contribution in [0.3, 0.4) is 0 Å². The molecule has 154 valence electrons. The van der Waals surface area contributed by atoms with Crippen LogP contribution in [-0.2, 0) is 24.0 Å². The molecule has 0 bridgehead atoms. The number of hydrogen-bond acceptors (Lipinski definition) is 5. The number of benzene rings is 1. The van der Waals surface area contributed by atoms with Crippen LogP contribution < -0.4 is 16.0 Å². The average molecular weight is 529 g/mol. The predicted octanol–water partition coefficient (Wildman–Crippen LogP) is 3.82. The predicted molar refractivity (Wildman–Crippen MR) is 112 cm³/mol. The third kappa shape index (κ3) is 7.50. The van der Waals surface area contributed by atoms with Gasteiger partial charge in [0.1, 0.15) is 5.01 Å². The van der Waals surface area contributed by atoms with Crippen LogP contribution in [0, 0.1) is 0 Å². The summed E-state index contributed by atoms with van der Waals surface area (Å²) < 4.78 is 42.2. The molecule has 0 spiro atoms. The average Bonchev–Trinajstić information content (AvgIpc) is 3.12. The molecule has 0 saturated heterocycles. The number of carbonyl (C=O) groups excluding carboxylic acids is 1. The Bertz CT molecular complexity index is 796. The summed E-state index contributed by atoms with van der Waals surface area (Å²) in [5, 5.41) is 9.79. The van der Waals surface area contributed by atoms with Gasteiger partial charge in [0.15, 0.2) is 11.7 Å². The van der Waals surface area contributed by atoms with Crippen molar-refractivity contribution in [3.05, 3.63) is 45.9 Å². The number of methoxy groups -OCH3 is 1. The van der Waals surface area contributed by atoms with Crippen molar-refractivity contribution >= 4 is 53.1 Å². The van der Waals surface area contributed by atoms with Gasteiger partial charge in [0.2, 0.25) is 0 Å². The van der Waals surface area contributed by atoms with Gasteiger partial charge in [-0.05, 0) is 17.7 Å². The molecule has 0 aliphatic rings. The van der Waals surface area contributed by atoms with E-state index < -0.39 is 18.0 Å². The first kappa shape index (κ1) is 23.9. The number of halogens is 4. The second-order valence-corrected chi connectivity index (χ2v) is 6.16. The molecule has 0 aliphatic carbocycles. The zero-order chi connectivity index (χ0) is 19.9. The van der Waals surface area contributed by atoms with Crippen molar-refractivity contribution < 1.29 is 22.7 Å². The second-order valence-electron chi connectivity index (χ2n) is 5.22. The Morgan fingerprint density at radius 1 is 1.21 bits per heavy atom. The van der Waals surface area contributed by atoms with E-state index in [9.17, 15) is 18.0 Å². The molecule has 1 aromatic carbocycles. The summed E-state index contributed by atoms with van der Waals surface area (Å²) >= 11 is 0.930. The van der Waals surface area contributed by atoms with E-state index in [-0.39, 0.29) is 30.5 Å². The lowest BCUT2D eigenvalue weighted by Gasteiger charge is -2.11. The Morgan fingerprint density at radius 3 is 2.39 bits per heavy atom. The fourth-order valence-corrected chi connectivity index (χ4v) is 2.70. The molecule has 28 heavy (non-hydrogen) atoms. The minimum atomic E-state index is -4.44. The van der Waals surface area contributed by atoms with Gasteiger partial charge in [-0.1, -0.05) is 12.1 Å². The SMILES string of the molecule is CN=C(NCc1ccc(NC(=O)OC)cc1)NCc1nc(C(F)(F)F)cs1.I. The van der Waals surface area contributed by atoms with Crippen molar-refractivity contribution in [2.45, 2.75) is 19.3 Å². The maximum atomic E-state index is 12.6. The van der Waals surface area contributed by atoms with Crippen LogP contribution in [0.1, 0.15) is 16.3 Å². The van der Waals surface area contributed by atoms with Gasteiger partial charge < -0.3 is 15.4 Å². The summed E-state index contributed by atoms with van der Waals surface area (Å²) in [4.78, 5) is 18.7. The van der Waals surface area contributed by atoms with E-state index in [2.05, 4.69) is 30.7 Å². The number of anilines is 1. The lowest BCUT2D eigenvalue weighted by molar-refractivity contribution is -0.140. The van der Waals surface area contributed by atoms with E-state index >= 15 is 0 Å². The molecule has 2 rings (SSSR count). The number of nitrogens with zero attached hydrogens (tertiary/aromatic N) is 2. The van der Waals surface area contributed by atoms with Crippen LogP contribution in [0.2, 0.25) is 0 Å². The van der Waals surface area contributed by atoms with E-state index in [0.717, 1.165) is 22.3 Å². The van der Waals surface area contributed by atoms with Gasteiger partial charge in [-0.3, -0.25) is 10.3 Å². The highest BCUT2D eigenvalue weighted by molar-refractivity contribution is 14.0.